The molecule has 0 saturated heterocycles. The third kappa shape index (κ3) is 3.44. The predicted molar refractivity (Wildman–Crippen MR) is 122 cm³/mol. The molecule has 1 atom stereocenters. The number of rotatable bonds is 4. The molecule has 8 nitrogen and oxygen atoms in total. The topological polar surface area (TPSA) is 106 Å². The molecule has 0 aliphatic carbocycles. The Balaban J connectivity index is 1.45. The van der Waals surface area contributed by atoms with Crippen molar-refractivity contribution in [2.45, 2.75) is 24.5 Å². The van der Waals surface area contributed by atoms with Crippen LogP contribution in [0.2, 0.25) is 0 Å². The van der Waals surface area contributed by atoms with Gasteiger partial charge in [-0.05, 0) is 31.2 Å². The van der Waals surface area contributed by atoms with Gasteiger partial charge in [0.15, 0.2) is 10.8 Å². The van der Waals surface area contributed by atoms with Crippen LogP contribution in [0.15, 0.2) is 64.7 Å². The third-order valence-corrected chi connectivity index (χ3v) is 6.49. The number of para-hydroxylation sites is 1. The van der Waals surface area contributed by atoms with Crippen molar-refractivity contribution in [3.8, 4) is 11.8 Å². The first-order valence-electron chi connectivity index (χ1n) is 10.0. The van der Waals surface area contributed by atoms with E-state index in [1.165, 1.54) is 18.0 Å². The first kappa shape index (κ1) is 20.0. The molecule has 0 fully saturated rings. The lowest BCUT2D eigenvalue weighted by Crippen LogP contribution is -2.27. The molecule has 0 spiro atoms. The Hall–Kier alpha value is -3.90. The van der Waals surface area contributed by atoms with Crippen molar-refractivity contribution in [3.63, 3.8) is 0 Å². The lowest BCUT2D eigenvalue weighted by molar-refractivity contribution is -0.116. The van der Waals surface area contributed by atoms with Crippen LogP contribution in [0.4, 0.5) is 5.69 Å². The lowest BCUT2D eigenvalue weighted by Gasteiger charge is -2.14. The molecule has 4 aromatic rings. The second kappa shape index (κ2) is 7.98. The van der Waals surface area contributed by atoms with Gasteiger partial charge in [-0.2, -0.15) is 10.4 Å². The van der Waals surface area contributed by atoms with E-state index in [9.17, 15) is 14.9 Å². The number of aryl methyl sites for hydroxylation is 1. The quantitative estimate of drug-likeness (QED) is 0.486. The number of amides is 1. The highest BCUT2D eigenvalue weighted by Crippen LogP contribution is 2.33. The molecule has 9 heteroatoms. The minimum absolute atomic E-state index is 0.110. The zero-order valence-electron chi connectivity index (χ0n) is 17.1. The number of fused-ring (bicyclic) bond motifs is 2. The van der Waals surface area contributed by atoms with Crippen LogP contribution in [0.1, 0.15) is 23.6 Å². The Morgan fingerprint density at radius 1 is 1.25 bits per heavy atom. The van der Waals surface area contributed by atoms with Gasteiger partial charge in [-0.15, -0.1) is 0 Å². The van der Waals surface area contributed by atoms with Gasteiger partial charge in [-0.3, -0.25) is 14.2 Å². The summed E-state index contributed by atoms with van der Waals surface area (Å²) < 4.78 is 3.25. The minimum Gasteiger partial charge on any atom is -0.325 e. The van der Waals surface area contributed by atoms with E-state index in [1.807, 2.05) is 31.2 Å². The molecule has 0 saturated carbocycles. The van der Waals surface area contributed by atoms with Gasteiger partial charge in [0, 0.05) is 12.2 Å². The highest BCUT2D eigenvalue weighted by atomic mass is 32.2. The van der Waals surface area contributed by atoms with E-state index in [0.717, 1.165) is 11.3 Å². The summed E-state index contributed by atoms with van der Waals surface area (Å²) in [6.45, 7) is 2.01. The van der Waals surface area contributed by atoms with Crippen molar-refractivity contribution in [2.24, 2.45) is 0 Å². The van der Waals surface area contributed by atoms with Crippen LogP contribution >= 0.6 is 11.8 Å². The summed E-state index contributed by atoms with van der Waals surface area (Å²) in [5, 5.41) is 17.4. The molecule has 1 aliphatic heterocycles. The van der Waals surface area contributed by atoms with Crippen molar-refractivity contribution in [3.05, 3.63) is 76.2 Å². The number of thioether (sulfide) groups is 1. The number of anilines is 1. The fourth-order valence-corrected chi connectivity index (χ4v) is 4.89. The van der Waals surface area contributed by atoms with E-state index in [1.54, 1.807) is 33.5 Å². The molecule has 2 aromatic carbocycles. The van der Waals surface area contributed by atoms with E-state index >= 15 is 0 Å². The Morgan fingerprint density at radius 2 is 2.03 bits per heavy atom. The number of nitrogens with one attached hydrogen (secondary N) is 1. The largest absolute Gasteiger partial charge is 0.325 e. The second-order valence-corrected chi connectivity index (χ2v) is 8.56. The number of benzene rings is 2. The van der Waals surface area contributed by atoms with E-state index in [0.29, 0.717) is 33.2 Å². The molecule has 1 N–H and O–H groups in total. The summed E-state index contributed by atoms with van der Waals surface area (Å²) >= 11 is 1.45. The molecule has 5 rings (SSSR count). The summed E-state index contributed by atoms with van der Waals surface area (Å²) in [5.74, 6) is 0.314. The SMILES string of the molecule is Cc1ccc(-n2ncc3c(=O)n4c(nc32)SCC4CC(=O)Nc2ccccc2C#N)cc1. The molecular formula is C23H18N6O2S. The van der Waals surface area contributed by atoms with E-state index in [-0.39, 0.29) is 23.9 Å². The van der Waals surface area contributed by atoms with Crippen molar-refractivity contribution in [2.75, 3.05) is 11.1 Å². The van der Waals surface area contributed by atoms with Crippen molar-refractivity contribution in [1.82, 2.24) is 19.3 Å². The highest BCUT2D eigenvalue weighted by molar-refractivity contribution is 7.99. The van der Waals surface area contributed by atoms with Crippen molar-refractivity contribution >= 4 is 34.4 Å². The number of hydrogen-bond acceptors (Lipinski definition) is 6. The smallest absolute Gasteiger partial charge is 0.265 e. The predicted octanol–water partition coefficient (Wildman–Crippen LogP) is 3.44. The number of carbonyl (C=O) groups is 1. The van der Waals surface area contributed by atoms with Gasteiger partial charge >= 0.3 is 0 Å². The summed E-state index contributed by atoms with van der Waals surface area (Å²) in [6.07, 6.45) is 1.64. The maximum Gasteiger partial charge on any atom is 0.265 e. The fraction of sp³-hybridized carbons (Fsp3) is 0.174. The molecule has 1 aliphatic rings. The zero-order valence-corrected chi connectivity index (χ0v) is 18.0. The average Bonchev–Trinajstić information content (AvgIpc) is 3.40. The Morgan fingerprint density at radius 3 is 2.81 bits per heavy atom. The fourth-order valence-electron chi connectivity index (χ4n) is 3.76. The molecular weight excluding hydrogens is 424 g/mol. The zero-order chi connectivity index (χ0) is 22.2. The summed E-state index contributed by atoms with van der Waals surface area (Å²) in [4.78, 5) is 30.6. The van der Waals surface area contributed by atoms with Gasteiger partial charge in [-0.1, -0.05) is 41.6 Å². The number of aromatic nitrogens is 4. The molecule has 1 unspecified atom stereocenters. The third-order valence-electron chi connectivity index (χ3n) is 5.39. The first-order valence-corrected chi connectivity index (χ1v) is 11.0. The van der Waals surface area contributed by atoms with Gasteiger partial charge in [-0.25, -0.2) is 9.67 Å². The standard InChI is InChI=1S/C23H18N6O2S/c1-14-6-8-16(9-7-14)29-21-18(12-25-29)22(31)28-17(13-32-23(28)27-21)10-20(30)26-19-5-3-2-4-15(19)11-24/h2-9,12,17H,10,13H2,1H3,(H,26,30). The maximum atomic E-state index is 13.3. The molecule has 158 valence electrons. The Labute approximate surface area is 187 Å². The van der Waals surface area contributed by atoms with Crippen LogP contribution in [0, 0.1) is 18.3 Å². The maximum absolute atomic E-state index is 13.3. The molecule has 2 aromatic heterocycles. The van der Waals surface area contributed by atoms with Crippen LogP contribution in [0.25, 0.3) is 16.7 Å². The molecule has 32 heavy (non-hydrogen) atoms. The van der Waals surface area contributed by atoms with Crippen molar-refractivity contribution in [1.29, 1.82) is 5.26 Å². The number of nitrogens with zero attached hydrogens (tertiary/aromatic N) is 5. The monoisotopic (exact) mass is 442 g/mol. The first-order chi connectivity index (χ1) is 15.5. The van der Waals surface area contributed by atoms with Gasteiger partial charge in [0.1, 0.15) is 11.5 Å². The van der Waals surface area contributed by atoms with Crippen molar-refractivity contribution < 1.29 is 4.79 Å². The average molecular weight is 443 g/mol. The summed E-state index contributed by atoms with van der Waals surface area (Å²) in [5.41, 5.74) is 3.12. The highest BCUT2D eigenvalue weighted by Gasteiger charge is 2.29. The number of carbonyl (C=O) groups excluding carboxylic acids is 1. The van der Waals surface area contributed by atoms with Crippen LogP contribution in [0.5, 0.6) is 0 Å². The van der Waals surface area contributed by atoms with Gasteiger partial charge in [0.2, 0.25) is 5.91 Å². The second-order valence-electron chi connectivity index (χ2n) is 7.57. The summed E-state index contributed by atoms with van der Waals surface area (Å²) in [7, 11) is 0. The Bertz CT molecular complexity index is 1450. The Kier molecular flexibility index (Phi) is 4.99. The van der Waals surface area contributed by atoms with E-state index in [2.05, 4.69) is 16.5 Å². The minimum atomic E-state index is -0.323. The van der Waals surface area contributed by atoms with Gasteiger partial charge in [0.25, 0.3) is 5.56 Å². The molecule has 3 heterocycles. The van der Waals surface area contributed by atoms with Crippen LogP contribution in [0.3, 0.4) is 0 Å². The van der Waals surface area contributed by atoms with Gasteiger partial charge < -0.3 is 5.32 Å². The summed E-state index contributed by atoms with van der Waals surface area (Å²) in [6, 6.07) is 16.4. The van der Waals surface area contributed by atoms with Gasteiger partial charge in [0.05, 0.1) is 29.2 Å². The molecule has 0 bridgehead atoms. The van der Waals surface area contributed by atoms with E-state index < -0.39 is 0 Å². The van der Waals surface area contributed by atoms with Crippen LogP contribution in [-0.2, 0) is 4.79 Å². The van der Waals surface area contributed by atoms with Crippen LogP contribution < -0.4 is 10.9 Å². The normalized spacial score (nSPS) is 14.8. The number of hydrogen-bond donors (Lipinski definition) is 1. The van der Waals surface area contributed by atoms with Crippen LogP contribution in [-0.4, -0.2) is 31.0 Å². The molecule has 0 radical (unpaired) electrons. The number of nitriles is 1. The lowest BCUT2D eigenvalue weighted by atomic mass is 10.1. The molecule has 1 amide bonds. The van der Waals surface area contributed by atoms with E-state index in [4.69, 9.17) is 4.98 Å².